The average molecular weight is 304 g/mol. The lowest BCUT2D eigenvalue weighted by Crippen LogP contribution is -2.39. The van der Waals surface area contributed by atoms with Crippen LogP contribution in [0.25, 0.3) is 0 Å². The van der Waals surface area contributed by atoms with Crippen LogP contribution in [0.15, 0.2) is 22.9 Å². The van der Waals surface area contributed by atoms with E-state index in [0.717, 1.165) is 0 Å². The number of hydrogen-bond donors (Lipinski definition) is 1. The van der Waals surface area contributed by atoms with Gasteiger partial charge in [-0.15, -0.1) is 0 Å². The van der Waals surface area contributed by atoms with E-state index >= 15 is 0 Å². The van der Waals surface area contributed by atoms with E-state index in [4.69, 9.17) is 9.99 Å². The fourth-order valence-electron chi connectivity index (χ4n) is 1.55. The highest BCUT2D eigenvalue weighted by atomic mass is 79.9. The van der Waals surface area contributed by atoms with Gasteiger partial charge < -0.3 is 4.74 Å². The van der Waals surface area contributed by atoms with E-state index in [0.29, 0.717) is 10.0 Å². The molecule has 0 saturated carbocycles. The van der Waals surface area contributed by atoms with Gasteiger partial charge in [0.2, 0.25) is 5.60 Å². The van der Waals surface area contributed by atoms with Crippen molar-refractivity contribution in [1.29, 1.82) is 0 Å². The van der Waals surface area contributed by atoms with E-state index in [1.54, 1.807) is 19.9 Å². The molecule has 1 N–H and O–H groups in total. The Morgan fingerprint density at radius 1 is 1.59 bits per heavy atom. The summed E-state index contributed by atoms with van der Waals surface area (Å²) in [7, 11) is 0. The molecule has 5 nitrogen and oxygen atoms in total. The van der Waals surface area contributed by atoms with Crippen LogP contribution in [0.2, 0.25) is 0 Å². The molecule has 0 aliphatic carbocycles. The number of rotatable bonds is 5. The molecular weight excluding hydrogens is 290 g/mol. The summed E-state index contributed by atoms with van der Waals surface area (Å²) in [6.45, 7) is 3.63. The fourth-order valence-corrected chi connectivity index (χ4v) is 2.12. The van der Waals surface area contributed by atoms with Crippen LogP contribution in [0.1, 0.15) is 25.8 Å². The summed E-state index contributed by atoms with van der Waals surface area (Å²) in [5.74, 6) is -0.628. The molecule has 1 heterocycles. The van der Waals surface area contributed by atoms with Crippen LogP contribution >= 0.6 is 15.9 Å². The number of carbonyl (C=O) groups excluding carboxylic acids is 1. The molecule has 1 aromatic rings. The number of pyridine rings is 1. The Labute approximate surface area is 108 Å². The smallest absolute Gasteiger partial charge is 0.346 e. The first-order chi connectivity index (χ1) is 8.12. The fraction of sp³-hybridized carbons (Fsp3) is 0.455. The molecule has 1 rings (SSSR count). The standard InChI is InChI=1S/C11H14BrNO4/c1-3-11(17-15,10(14)16-4-2)8-5-6-13-7-9(8)12/h5-7,15H,3-4H2,1-2H3. The first-order valence-electron chi connectivity index (χ1n) is 5.22. The highest BCUT2D eigenvalue weighted by Gasteiger charge is 2.43. The molecular formula is C11H14BrNO4. The Kier molecular flexibility index (Phi) is 5.04. The molecule has 0 radical (unpaired) electrons. The van der Waals surface area contributed by atoms with Crippen molar-refractivity contribution in [3.05, 3.63) is 28.5 Å². The number of hydrogen-bond acceptors (Lipinski definition) is 5. The summed E-state index contributed by atoms with van der Waals surface area (Å²) >= 11 is 3.27. The van der Waals surface area contributed by atoms with Crippen LogP contribution < -0.4 is 0 Å². The molecule has 1 atom stereocenters. The number of halogens is 1. The van der Waals surface area contributed by atoms with Crippen LogP contribution in [0.5, 0.6) is 0 Å². The van der Waals surface area contributed by atoms with Crippen molar-refractivity contribution in [2.45, 2.75) is 25.9 Å². The number of carbonyl (C=O) groups is 1. The molecule has 0 spiro atoms. The summed E-state index contributed by atoms with van der Waals surface area (Å²) in [5.41, 5.74) is -1.03. The van der Waals surface area contributed by atoms with Gasteiger partial charge in [0, 0.05) is 22.4 Å². The van der Waals surface area contributed by atoms with E-state index in [1.165, 1.54) is 12.4 Å². The lowest BCUT2D eigenvalue weighted by atomic mass is 9.92. The van der Waals surface area contributed by atoms with Gasteiger partial charge in [0.05, 0.1) is 6.61 Å². The molecule has 0 aliphatic heterocycles. The molecule has 6 heteroatoms. The van der Waals surface area contributed by atoms with Gasteiger partial charge in [0.15, 0.2) is 0 Å². The van der Waals surface area contributed by atoms with Gasteiger partial charge in [-0.1, -0.05) is 6.92 Å². The number of aromatic nitrogens is 1. The summed E-state index contributed by atoms with van der Waals surface area (Å²) in [4.78, 5) is 20.3. The van der Waals surface area contributed by atoms with Crippen molar-refractivity contribution in [1.82, 2.24) is 4.98 Å². The van der Waals surface area contributed by atoms with E-state index in [-0.39, 0.29) is 13.0 Å². The second kappa shape index (κ2) is 6.09. The molecule has 0 amide bonds. The Morgan fingerprint density at radius 3 is 2.76 bits per heavy atom. The molecule has 17 heavy (non-hydrogen) atoms. The highest BCUT2D eigenvalue weighted by Crippen LogP contribution is 2.34. The third-order valence-corrected chi connectivity index (χ3v) is 3.10. The summed E-state index contributed by atoms with van der Waals surface area (Å²) < 4.78 is 5.51. The minimum absolute atomic E-state index is 0.215. The van der Waals surface area contributed by atoms with E-state index in [1.807, 2.05) is 0 Å². The van der Waals surface area contributed by atoms with Crippen LogP contribution in [0.3, 0.4) is 0 Å². The number of esters is 1. The first-order valence-corrected chi connectivity index (χ1v) is 6.01. The van der Waals surface area contributed by atoms with Gasteiger partial charge in [-0.2, -0.15) is 0 Å². The minimum atomic E-state index is -1.52. The molecule has 0 aliphatic rings. The third kappa shape index (κ3) is 2.65. The zero-order valence-electron chi connectivity index (χ0n) is 9.64. The minimum Gasteiger partial charge on any atom is -0.463 e. The monoisotopic (exact) mass is 303 g/mol. The van der Waals surface area contributed by atoms with Gasteiger partial charge >= 0.3 is 5.97 Å². The molecule has 0 aromatic carbocycles. The summed E-state index contributed by atoms with van der Waals surface area (Å²) in [6, 6.07) is 1.60. The molecule has 0 saturated heterocycles. The largest absolute Gasteiger partial charge is 0.463 e. The van der Waals surface area contributed by atoms with Gasteiger partial charge in [0.25, 0.3) is 0 Å². The van der Waals surface area contributed by atoms with E-state index in [9.17, 15) is 4.79 Å². The van der Waals surface area contributed by atoms with Crippen molar-refractivity contribution in [2.24, 2.45) is 0 Å². The van der Waals surface area contributed by atoms with Gasteiger partial charge in [0.1, 0.15) is 0 Å². The normalized spacial score (nSPS) is 14.1. The topological polar surface area (TPSA) is 68.7 Å². The van der Waals surface area contributed by atoms with Gasteiger partial charge in [-0.3, -0.25) is 10.2 Å². The third-order valence-electron chi connectivity index (χ3n) is 2.47. The van der Waals surface area contributed by atoms with Crippen molar-refractivity contribution < 1.29 is 19.7 Å². The summed E-state index contributed by atoms with van der Waals surface area (Å²) in [6.07, 6.45) is 3.28. The molecule has 94 valence electrons. The maximum Gasteiger partial charge on any atom is 0.346 e. The van der Waals surface area contributed by atoms with Gasteiger partial charge in [-0.25, -0.2) is 9.68 Å². The zero-order valence-corrected chi connectivity index (χ0v) is 11.2. The van der Waals surface area contributed by atoms with Crippen molar-refractivity contribution in [3.8, 4) is 0 Å². The zero-order chi connectivity index (χ0) is 12.9. The van der Waals surface area contributed by atoms with Crippen LogP contribution in [-0.2, 0) is 20.0 Å². The van der Waals surface area contributed by atoms with Crippen molar-refractivity contribution in [3.63, 3.8) is 0 Å². The average Bonchev–Trinajstić information content (AvgIpc) is 2.34. The van der Waals surface area contributed by atoms with Gasteiger partial charge in [-0.05, 0) is 35.3 Å². The lowest BCUT2D eigenvalue weighted by Gasteiger charge is -2.27. The Morgan fingerprint density at radius 2 is 2.29 bits per heavy atom. The predicted octanol–water partition coefficient (Wildman–Crippen LogP) is 2.50. The lowest BCUT2D eigenvalue weighted by molar-refractivity contribution is -0.324. The molecule has 1 unspecified atom stereocenters. The Bertz CT molecular complexity index is 393. The Balaban J connectivity index is 3.25. The van der Waals surface area contributed by atoms with E-state index < -0.39 is 11.6 Å². The SMILES string of the molecule is CCOC(=O)C(CC)(OO)c1ccncc1Br. The second-order valence-corrected chi connectivity index (χ2v) is 4.20. The maximum atomic E-state index is 11.9. The highest BCUT2D eigenvalue weighted by molar-refractivity contribution is 9.10. The van der Waals surface area contributed by atoms with Crippen molar-refractivity contribution >= 4 is 21.9 Å². The summed E-state index contributed by atoms with van der Waals surface area (Å²) in [5, 5.41) is 9.11. The predicted molar refractivity (Wildman–Crippen MR) is 64.3 cm³/mol. The Hall–Kier alpha value is -0.980. The van der Waals surface area contributed by atoms with E-state index in [2.05, 4.69) is 25.8 Å². The molecule has 0 bridgehead atoms. The molecule has 1 aromatic heterocycles. The van der Waals surface area contributed by atoms with Crippen molar-refractivity contribution in [2.75, 3.05) is 6.61 Å². The second-order valence-electron chi connectivity index (χ2n) is 3.35. The number of nitrogens with zero attached hydrogens (tertiary/aromatic N) is 1. The van der Waals surface area contributed by atoms with Crippen LogP contribution in [-0.4, -0.2) is 22.8 Å². The number of ether oxygens (including phenoxy) is 1. The van der Waals surface area contributed by atoms with Crippen LogP contribution in [0.4, 0.5) is 0 Å². The molecule has 0 fully saturated rings. The maximum absolute atomic E-state index is 11.9. The quantitative estimate of drug-likeness (QED) is 0.514. The van der Waals surface area contributed by atoms with Crippen LogP contribution in [0, 0.1) is 0 Å². The first kappa shape index (κ1) is 14.1.